The molecular weight excluding hydrogens is 318 g/mol. The van der Waals surface area contributed by atoms with E-state index in [0.717, 1.165) is 36.9 Å². The molecule has 5 heteroatoms. The molecule has 1 aromatic heterocycles. The minimum atomic E-state index is 0.131. The fraction of sp³-hybridized carbons (Fsp3) is 0.600. The second kappa shape index (κ2) is 6.22. The van der Waals surface area contributed by atoms with E-state index in [4.69, 9.17) is 0 Å². The molecule has 2 aliphatic rings. The standard InChI is InChI=1S/C15H20BrN3O/c16-13-6-12(8-18-9-13)15(20)19(14-3-4-14)10-11-2-1-5-17-7-11/h6,8-9,11,14,17H,1-5,7,10H2. The zero-order chi connectivity index (χ0) is 13.9. The SMILES string of the molecule is O=C(c1cncc(Br)c1)N(CC1CCCNC1)C1CC1. The van der Waals surface area contributed by atoms with Crippen LogP contribution in [0.4, 0.5) is 0 Å². The molecule has 0 aromatic carbocycles. The van der Waals surface area contributed by atoms with Crippen LogP contribution in [0.25, 0.3) is 0 Å². The number of nitrogens with one attached hydrogen (secondary N) is 1. The molecule has 2 heterocycles. The van der Waals surface area contributed by atoms with E-state index in [-0.39, 0.29) is 5.91 Å². The van der Waals surface area contributed by atoms with Crippen LogP contribution in [0.15, 0.2) is 22.9 Å². The van der Waals surface area contributed by atoms with Crippen LogP contribution in [0.5, 0.6) is 0 Å². The Labute approximate surface area is 128 Å². The zero-order valence-electron chi connectivity index (χ0n) is 11.5. The third kappa shape index (κ3) is 3.38. The second-order valence-electron chi connectivity index (χ2n) is 5.79. The Balaban J connectivity index is 1.71. The van der Waals surface area contributed by atoms with Crippen LogP contribution >= 0.6 is 15.9 Å². The smallest absolute Gasteiger partial charge is 0.255 e. The summed E-state index contributed by atoms with van der Waals surface area (Å²) in [6, 6.07) is 2.31. The number of nitrogens with zero attached hydrogens (tertiary/aromatic N) is 2. The minimum absolute atomic E-state index is 0.131. The number of carbonyl (C=O) groups is 1. The average Bonchev–Trinajstić information content (AvgIpc) is 3.30. The van der Waals surface area contributed by atoms with Crippen molar-refractivity contribution >= 4 is 21.8 Å². The van der Waals surface area contributed by atoms with Crippen molar-refractivity contribution in [3.63, 3.8) is 0 Å². The molecule has 0 radical (unpaired) electrons. The van der Waals surface area contributed by atoms with Gasteiger partial charge in [-0.1, -0.05) is 0 Å². The first kappa shape index (κ1) is 14.0. The fourth-order valence-electron chi connectivity index (χ4n) is 2.84. The molecule has 0 bridgehead atoms. The highest BCUT2D eigenvalue weighted by atomic mass is 79.9. The summed E-state index contributed by atoms with van der Waals surface area (Å²) in [6.07, 6.45) is 8.11. The van der Waals surface area contributed by atoms with Gasteiger partial charge in [-0.25, -0.2) is 0 Å². The van der Waals surface area contributed by atoms with E-state index < -0.39 is 0 Å². The molecule has 1 amide bonds. The second-order valence-corrected chi connectivity index (χ2v) is 6.71. The van der Waals surface area contributed by atoms with Crippen LogP contribution in [0.2, 0.25) is 0 Å². The summed E-state index contributed by atoms with van der Waals surface area (Å²) in [6.45, 7) is 3.03. The predicted octanol–water partition coefficient (Wildman–Crippen LogP) is 2.45. The summed E-state index contributed by atoms with van der Waals surface area (Å²) in [5.41, 5.74) is 0.690. The van der Waals surface area contributed by atoms with E-state index in [1.165, 1.54) is 12.8 Å². The molecule has 1 atom stereocenters. The van der Waals surface area contributed by atoms with E-state index in [0.29, 0.717) is 17.5 Å². The molecule has 4 nitrogen and oxygen atoms in total. The molecule has 1 aliphatic carbocycles. The zero-order valence-corrected chi connectivity index (χ0v) is 13.1. The molecule has 0 spiro atoms. The van der Waals surface area contributed by atoms with Gasteiger partial charge in [-0.15, -0.1) is 0 Å². The number of piperidine rings is 1. The Bertz CT molecular complexity index is 484. The van der Waals surface area contributed by atoms with Gasteiger partial charge in [0.05, 0.1) is 5.56 Å². The van der Waals surface area contributed by atoms with Gasteiger partial charge < -0.3 is 10.2 Å². The summed E-state index contributed by atoms with van der Waals surface area (Å²) >= 11 is 3.39. The van der Waals surface area contributed by atoms with E-state index in [9.17, 15) is 4.79 Å². The lowest BCUT2D eigenvalue weighted by molar-refractivity contribution is 0.0703. The van der Waals surface area contributed by atoms with Crippen molar-refractivity contribution in [1.82, 2.24) is 15.2 Å². The molecule has 1 unspecified atom stereocenters. The summed E-state index contributed by atoms with van der Waals surface area (Å²) in [5, 5.41) is 3.43. The maximum atomic E-state index is 12.7. The molecule has 20 heavy (non-hydrogen) atoms. The van der Waals surface area contributed by atoms with Crippen molar-refractivity contribution in [2.24, 2.45) is 5.92 Å². The molecule has 1 aliphatic heterocycles. The Morgan fingerprint density at radius 3 is 2.90 bits per heavy atom. The van der Waals surface area contributed by atoms with Crippen LogP contribution in [-0.4, -0.2) is 41.5 Å². The Morgan fingerprint density at radius 1 is 1.40 bits per heavy atom. The molecule has 3 rings (SSSR count). The van der Waals surface area contributed by atoms with Gasteiger partial charge in [0.2, 0.25) is 0 Å². The molecule has 108 valence electrons. The number of rotatable bonds is 4. The first-order chi connectivity index (χ1) is 9.74. The molecule has 1 saturated heterocycles. The van der Waals surface area contributed by atoms with E-state index in [1.54, 1.807) is 12.4 Å². The van der Waals surface area contributed by atoms with Gasteiger partial charge in [0, 0.05) is 29.5 Å². The van der Waals surface area contributed by atoms with Crippen LogP contribution < -0.4 is 5.32 Å². The summed E-state index contributed by atoms with van der Waals surface area (Å²) in [7, 11) is 0. The predicted molar refractivity (Wildman–Crippen MR) is 81.6 cm³/mol. The lowest BCUT2D eigenvalue weighted by Gasteiger charge is -2.30. The van der Waals surface area contributed by atoms with E-state index in [2.05, 4.69) is 31.1 Å². The Morgan fingerprint density at radius 2 is 2.25 bits per heavy atom. The monoisotopic (exact) mass is 337 g/mol. The average molecular weight is 338 g/mol. The van der Waals surface area contributed by atoms with Crippen LogP contribution in [-0.2, 0) is 0 Å². The number of pyridine rings is 1. The van der Waals surface area contributed by atoms with Crippen molar-refractivity contribution in [3.8, 4) is 0 Å². The first-order valence-electron chi connectivity index (χ1n) is 7.36. The number of halogens is 1. The third-order valence-electron chi connectivity index (χ3n) is 4.05. The highest BCUT2D eigenvalue weighted by molar-refractivity contribution is 9.10. The normalized spacial score (nSPS) is 22.6. The molecule has 1 saturated carbocycles. The number of hydrogen-bond acceptors (Lipinski definition) is 3. The van der Waals surface area contributed by atoms with Crippen molar-refractivity contribution in [2.75, 3.05) is 19.6 Å². The molecule has 2 fully saturated rings. The van der Waals surface area contributed by atoms with Crippen molar-refractivity contribution < 1.29 is 4.79 Å². The van der Waals surface area contributed by atoms with Gasteiger partial charge in [0.25, 0.3) is 5.91 Å². The van der Waals surface area contributed by atoms with Crippen molar-refractivity contribution in [3.05, 3.63) is 28.5 Å². The van der Waals surface area contributed by atoms with E-state index in [1.807, 2.05) is 6.07 Å². The number of carbonyl (C=O) groups excluding carboxylic acids is 1. The number of amides is 1. The third-order valence-corrected chi connectivity index (χ3v) is 4.49. The maximum Gasteiger partial charge on any atom is 0.255 e. The Hall–Kier alpha value is -0.940. The fourth-order valence-corrected chi connectivity index (χ4v) is 3.20. The number of hydrogen-bond donors (Lipinski definition) is 1. The van der Waals surface area contributed by atoms with Crippen LogP contribution in [0, 0.1) is 5.92 Å². The van der Waals surface area contributed by atoms with Crippen LogP contribution in [0.1, 0.15) is 36.0 Å². The van der Waals surface area contributed by atoms with Gasteiger partial charge >= 0.3 is 0 Å². The van der Waals surface area contributed by atoms with Crippen molar-refractivity contribution in [1.29, 1.82) is 0 Å². The molecule has 1 aromatic rings. The highest BCUT2D eigenvalue weighted by Gasteiger charge is 2.34. The van der Waals surface area contributed by atoms with Gasteiger partial charge in [0.1, 0.15) is 0 Å². The largest absolute Gasteiger partial charge is 0.335 e. The van der Waals surface area contributed by atoms with Crippen LogP contribution in [0.3, 0.4) is 0 Å². The van der Waals surface area contributed by atoms with E-state index >= 15 is 0 Å². The summed E-state index contributed by atoms with van der Waals surface area (Å²) in [4.78, 5) is 18.9. The summed E-state index contributed by atoms with van der Waals surface area (Å²) in [5.74, 6) is 0.722. The molecule has 1 N–H and O–H groups in total. The quantitative estimate of drug-likeness (QED) is 0.917. The van der Waals surface area contributed by atoms with Gasteiger partial charge in [-0.3, -0.25) is 9.78 Å². The Kier molecular flexibility index (Phi) is 4.36. The summed E-state index contributed by atoms with van der Waals surface area (Å²) < 4.78 is 0.860. The molecular formula is C15H20BrN3O. The minimum Gasteiger partial charge on any atom is -0.335 e. The van der Waals surface area contributed by atoms with Gasteiger partial charge in [-0.2, -0.15) is 0 Å². The van der Waals surface area contributed by atoms with Gasteiger partial charge in [0.15, 0.2) is 0 Å². The highest BCUT2D eigenvalue weighted by Crippen LogP contribution is 2.30. The lowest BCUT2D eigenvalue weighted by Crippen LogP contribution is -2.42. The van der Waals surface area contributed by atoms with Crippen molar-refractivity contribution in [2.45, 2.75) is 31.7 Å². The maximum absolute atomic E-state index is 12.7. The lowest BCUT2D eigenvalue weighted by atomic mass is 9.98. The first-order valence-corrected chi connectivity index (χ1v) is 8.15. The number of aromatic nitrogens is 1. The topological polar surface area (TPSA) is 45.2 Å². The van der Waals surface area contributed by atoms with Gasteiger partial charge in [-0.05, 0) is 66.7 Å².